The molecule has 146 valence electrons. The second-order valence-corrected chi connectivity index (χ2v) is 6.60. The zero-order valence-electron chi connectivity index (χ0n) is 15.3. The van der Waals surface area contributed by atoms with Crippen LogP contribution in [0.4, 0.5) is 11.4 Å². The number of carbonyl (C=O) groups is 3. The van der Waals surface area contributed by atoms with Crippen molar-refractivity contribution in [3.63, 3.8) is 0 Å². The van der Waals surface area contributed by atoms with Gasteiger partial charge in [-0.15, -0.1) is 0 Å². The van der Waals surface area contributed by atoms with Crippen molar-refractivity contribution in [3.05, 3.63) is 72.3 Å². The summed E-state index contributed by atoms with van der Waals surface area (Å²) in [4.78, 5) is 41.0. The average molecular weight is 390 g/mol. The molecule has 3 amide bonds. The SMILES string of the molecule is O=C(C[C@@H]1NC(=O)c2ccccc2NC1=O)Nc1ccc(Cn2cncn2)cc1. The molecule has 0 bridgehead atoms. The van der Waals surface area contributed by atoms with Gasteiger partial charge in [-0.25, -0.2) is 9.67 Å². The van der Waals surface area contributed by atoms with Gasteiger partial charge in [-0.05, 0) is 29.8 Å². The van der Waals surface area contributed by atoms with E-state index in [1.165, 1.54) is 6.33 Å². The van der Waals surface area contributed by atoms with Crippen LogP contribution in [0.15, 0.2) is 61.2 Å². The number of hydrogen-bond acceptors (Lipinski definition) is 5. The van der Waals surface area contributed by atoms with E-state index >= 15 is 0 Å². The molecule has 0 saturated carbocycles. The van der Waals surface area contributed by atoms with Crippen molar-refractivity contribution in [1.29, 1.82) is 0 Å². The third kappa shape index (κ3) is 4.29. The first-order chi connectivity index (χ1) is 14.1. The predicted octanol–water partition coefficient (Wildman–Crippen LogP) is 1.41. The largest absolute Gasteiger partial charge is 0.340 e. The Labute approximate surface area is 166 Å². The Bertz CT molecular complexity index is 1050. The van der Waals surface area contributed by atoms with Gasteiger partial charge in [-0.2, -0.15) is 5.10 Å². The van der Waals surface area contributed by atoms with Gasteiger partial charge in [0.1, 0.15) is 18.7 Å². The maximum Gasteiger partial charge on any atom is 0.254 e. The highest BCUT2D eigenvalue weighted by atomic mass is 16.2. The minimum absolute atomic E-state index is 0.174. The smallest absolute Gasteiger partial charge is 0.254 e. The van der Waals surface area contributed by atoms with E-state index in [0.717, 1.165) is 5.56 Å². The molecule has 4 rings (SSSR count). The maximum atomic E-state index is 12.4. The minimum atomic E-state index is -0.957. The lowest BCUT2D eigenvalue weighted by molar-refractivity contribution is -0.122. The van der Waals surface area contributed by atoms with Crippen molar-refractivity contribution in [2.75, 3.05) is 10.6 Å². The van der Waals surface area contributed by atoms with Gasteiger partial charge in [0, 0.05) is 5.69 Å². The van der Waals surface area contributed by atoms with Gasteiger partial charge in [0.15, 0.2) is 0 Å². The number of amides is 3. The lowest BCUT2D eigenvalue weighted by atomic mass is 10.1. The van der Waals surface area contributed by atoms with Crippen molar-refractivity contribution in [1.82, 2.24) is 20.1 Å². The van der Waals surface area contributed by atoms with Crippen molar-refractivity contribution in [2.24, 2.45) is 0 Å². The van der Waals surface area contributed by atoms with E-state index in [4.69, 9.17) is 0 Å². The summed E-state index contributed by atoms with van der Waals surface area (Å²) < 4.78 is 1.69. The highest BCUT2D eigenvalue weighted by molar-refractivity contribution is 6.11. The Hall–Kier alpha value is -4.01. The fraction of sp³-hybridized carbons (Fsp3) is 0.150. The second-order valence-electron chi connectivity index (χ2n) is 6.60. The molecule has 9 nitrogen and oxygen atoms in total. The number of nitrogens with one attached hydrogen (secondary N) is 3. The number of rotatable bonds is 5. The first-order valence-electron chi connectivity index (χ1n) is 9.00. The van der Waals surface area contributed by atoms with Crippen LogP contribution in [0.5, 0.6) is 0 Å². The molecule has 2 heterocycles. The van der Waals surface area contributed by atoms with Gasteiger partial charge >= 0.3 is 0 Å². The van der Waals surface area contributed by atoms with Gasteiger partial charge in [0.25, 0.3) is 5.91 Å². The lowest BCUT2D eigenvalue weighted by Gasteiger charge is -2.14. The normalized spacial score (nSPS) is 15.7. The summed E-state index contributed by atoms with van der Waals surface area (Å²) in [6.07, 6.45) is 2.92. The van der Waals surface area contributed by atoms with Gasteiger partial charge in [-0.3, -0.25) is 14.4 Å². The van der Waals surface area contributed by atoms with E-state index in [2.05, 4.69) is 26.0 Å². The van der Waals surface area contributed by atoms with Gasteiger partial charge in [0.05, 0.1) is 24.2 Å². The van der Waals surface area contributed by atoms with E-state index in [9.17, 15) is 14.4 Å². The summed E-state index contributed by atoms with van der Waals surface area (Å²) in [5.74, 6) is -1.20. The predicted molar refractivity (Wildman–Crippen MR) is 105 cm³/mol. The maximum absolute atomic E-state index is 12.4. The summed E-state index contributed by atoms with van der Waals surface area (Å²) in [5, 5.41) is 12.1. The highest BCUT2D eigenvalue weighted by Gasteiger charge is 2.29. The molecule has 29 heavy (non-hydrogen) atoms. The number of anilines is 2. The molecule has 2 aromatic carbocycles. The van der Waals surface area contributed by atoms with Crippen LogP contribution >= 0.6 is 0 Å². The average Bonchev–Trinajstić information content (AvgIpc) is 3.18. The quantitative estimate of drug-likeness (QED) is 0.609. The Kier molecular flexibility index (Phi) is 5.02. The van der Waals surface area contributed by atoms with Crippen molar-refractivity contribution >= 4 is 29.1 Å². The van der Waals surface area contributed by atoms with Crippen LogP contribution in [0, 0.1) is 0 Å². The third-order valence-corrected chi connectivity index (χ3v) is 4.49. The molecule has 0 saturated heterocycles. The van der Waals surface area contributed by atoms with Crippen LogP contribution in [-0.4, -0.2) is 38.5 Å². The Balaban J connectivity index is 1.37. The molecule has 1 aliphatic rings. The van der Waals surface area contributed by atoms with Gasteiger partial charge < -0.3 is 16.0 Å². The van der Waals surface area contributed by atoms with Gasteiger partial charge in [-0.1, -0.05) is 24.3 Å². The molecular formula is C20H18N6O3. The van der Waals surface area contributed by atoms with E-state index in [-0.39, 0.29) is 12.3 Å². The number of aromatic nitrogens is 3. The monoisotopic (exact) mass is 390 g/mol. The number of nitrogens with zero attached hydrogens (tertiary/aromatic N) is 3. The van der Waals surface area contributed by atoms with Crippen molar-refractivity contribution in [3.8, 4) is 0 Å². The Morgan fingerprint density at radius 1 is 1.10 bits per heavy atom. The number of para-hydroxylation sites is 1. The summed E-state index contributed by atoms with van der Waals surface area (Å²) >= 11 is 0. The molecule has 0 unspecified atom stereocenters. The first kappa shape index (κ1) is 18.4. The van der Waals surface area contributed by atoms with Crippen LogP contribution in [0.2, 0.25) is 0 Å². The van der Waals surface area contributed by atoms with E-state index in [1.54, 1.807) is 47.4 Å². The summed E-state index contributed by atoms with van der Waals surface area (Å²) in [6, 6.07) is 13.0. The van der Waals surface area contributed by atoms with Crippen LogP contribution in [0.25, 0.3) is 0 Å². The molecule has 1 aliphatic heterocycles. The number of benzene rings is 2. The zero-order valence-corrected chi connectivity index (χ0v) is 15.3. The molecular weight excluding hydrogens is 372 g/mol. The number of carbonyl (C=O) groups excluding carboxylic acids is 3. The summed E-state index contributed by atoms with van der Waals surface area (Å²) in [7, 11) is 0. The second kappa shape index (κ2) is 7.93. The summed E-state index contributed by atoms with van der Waals surface area (Å²) in [5.41, 5.74) is 2.40. The zero-order chi connectivity index (χ0) is 20.2. The molecule has 1 atom stereocenters. The van der Waals surface area contributed by atoms with E-state index < -0.39 is 17.9 Å². The van der Waals surface area contributed by atoms with Gasteiger partial charge in [0.2, 0.25) is 11.8 Å². The number of hydrogen-bond donors (Lipinski definition) is 3. The Morgan fingerprint density at radius 2 is 1.90 bits per heavy atom. The fourth-order valence-corrected chi connectivity index (χ4v) is 3.05. The first-order valence-corrected chi connectivity index (χ1v) is 9.00. The fourth-order valence-electron chi connectivity index (χ4n) is 3.05. The Morgan fingerprint density at radius 3 is 2.66 bits per heavy atom. The third-order valence-electron chi connectivity index (χ3n) is 4.49. The molecule has 3 aromatic rings. The molecule has 0 radical (unpaired) electrons. The minimum Gasteiger partial charge on any atom is -0.340 e. The molecule has 3 N–H and O–H groups in total. The number of fused-ring (bicyclic) bond motifs is 1. The van der Waals surface area contributed by atoms with Crippen LogP contribution < -0.4 is 16.0 Å². The molecule has 0 spiro atoms. The van der Waals surface area contributed by atoms with Crippen LogP contribution in [0.1, 0.15) is 22.3 Å². The molecule has 0 fully saturated rings. The van der Waals surface area contributed by atoms with Crippen molar-refractivity contribution in [2.45, 2.75) is 19.0 Å². The lowest BCUT2D eigenvalue weighted by Crippen LogP contribution is -2.43. The van der Waals surface area contributed by atoms with E-state index in [0.29, 0.717) is 23.5 Å². The topological polar surface area (TPSA) is 118 Å². The molecule has 0 aliphatic carbocycles. The molecule has 1 aromatic heterocycles. The van der Waals surface area contributed by atoms with Crippen LogP contribution in [-0.2, 0) is 16.1 Å². The summed E-state index contributed by atoms with van der Waals surface area (Å²) in [6.45, 7) is 0.572. The highest BCUT2D eigenvalue weighted by Crippen LogP contribution is 2.19. The molecule has 9 heteroatoms. The van der Waals surface area contributed by atoms with Crippen LogP contribution in [0.3, 0.4) is 0 Å². The van der Waals surface area contributed by atoms with Crippen molar-refractivity contribution < 1.29 is 14.4 Å². The standard InChI is InChI=1S/C20H18N6O3/c27-18(23-14-7-5-13(6-8-14)10-26-12-21-11-22-26)9-17-20(29)24-16-4-2-1-3-15(16)19(28)25-17/h1-8,11-12,17H,9-10H2,(H,23,27)(H,24,29)(H,25,28)/t17-/m0/s1. The van der Waals surface area contributed by atoms with E-state index in [1.807, 2.05) is 12.1 Å².